The number of aryl methyl sites for hydroxylation is 1. The van der Waals surface area contributed by atoms with Crippen molar-refractivity contribution in [1.29, 1.82) is 0 Å². The maximum atomic E-state index is 4.32. The molecular formula is C15H25N3. The van der Waals surface area contributed by atoms with Gasteiger partial charge in [-0.25, -0.2) is 0 Å². The first-order valence-electron chi connectivity index (χ1n) is 7.51. The number of rotatable bonds is 5. The summed E-state index contributed by atoms with van der Waals surface area (Å²) in [6, 6.07) is 0.658. The molecule has 2 aliphatic rings. The molecule has 0 spiro atoms. The summed E-state index contributed by atoms with van der Waals surface area (Å²) in [7, 11) is 0. The van der Waals surface area contributed by atoms with Gasteiger partial charge < -0.3 is 5.32 Å². The highest BCUT2D eigenvalue weighted by molar-refractivity contribution is 5.04. The molecule has 1 aromatic rings. The maximum absolute atomic E-state index is 4.32. The zero-order chi connectivity index (χ0) is 12.5. The molecule has 0 aliphatic heterocycles. The van der Waals surface area contributed by atoms with Crippen molar-refractivity contribution in [1.82, 2.24) is 15.1 Å². The number of hydrogen-bond donors (Lipinski definition) is 1. The van der Waals surface area contributed by atoms with E-state index in [9.17, 15) is 0 Å². The van der Waals surface area contributed by atoms with E-state index in [2.05, 4.69) is 30.5 Å². The Morgan fingerprint density at radius 1 is 1.44 bits per heavy atom. The van der Waals surface area contributed by atoms with Gasteiger partial charge in [-0.15, -0.1) is 0 Å². The van der Waals surface area contributed by atoms with Gasteiger partial charge in [-0.1, -0.05) is 6.42 Å². The van der Waals surface area contributed by atoms with E-state index in [0.717, 1.165) is 30.8 Å². The third-order valence-corrected chi connectivity index (χ3v) is 5.07. The Hall–Kier alpha value is -0.830. The van der Waals surface area contributed by atoms with Crippen LogP contribution in [0.25, 0.3) is 0 Å². The molecular weight excluding hydrogens is 222 g/mol. The fourth-order valence-electron chi connectivity index (χ4n) is 4.01. The second-order valence-electron chi connectivity index (χ2n) is 6.21. The minimum Gasteiger partial charge on any atom is -0.310 e. The van der Waals surface area contributed by atoms with Gasteiger partial charge in [0.15, 0.2) is 0 Å². The van der Waals surface area contributed by atoms with Crippen molar-refractivity contribution >= 4 is 0 Å². The van der Waals surface area contributed by atoms with E-state index in [1.54, 1.807) is 0 Å². The van der Waals surface area contributed by atoms with Crippen LogP contribution in [0.4, 0.5) is 0 Å². The van der Waals surface area contributed by atoms with Crippen LogP contribution in [-0.2, 0) is 13.1 Å². The van der Waals surface area contributed by atoms with Gasteiger partial charge >= 0.3 is 0 Å². The monoisotopic (exact) mass is 247 g/mol. The van der Waals surface area contributed by atoms with Gasteiger partial charge in [0.2, 0.25) is 0 Å². The molecule has 0 radical (unpaired) electrons. The molecule has 4 unspecified atom stereocenters. The van der Waals surface area contributed by atoms with Crippen molar-refractivity contribution < 1.29 is 0 Å². The Morgan fingerprint density at radius 2 is 2.33 bits per heavy atom. The topological polar surface area (TPSA) is 29.9 Å². The molecule has 1 heterocycles. The summed E-state index contributed by atoms with van der Waals surface area (Å²) in [6.07, 6.45) is 10.1. The average Bonchev–Trinajstić information content (AvgIpc) is 3.11. The maximum Gasteiger partial charge on any atom is 0.0534 e. The smallest absolute Gasteiger partial charge is 0.0534 e. The fraction of sp³-hybridized carbons (Fsp3) is 0.800. The lowest BCUT2D eigenvalue weighted by atomic mass is 9.84. The predicted molar refractivity (Wildman–Crippen MR) is 73.1 cm³/mol. The molecule has 0 aromatic carbocycles. The second kappa shape index (κ2) is 5.04. The Bertz CT molecular complexity index is 398. The van der Waals surface area contributed by atoms with Gasteiger partial charge in [-0.3, -0.25) is 4.68 Å². The Kier molecular flexibility index (Phi) is 3.42. The molecule has 0 amide bonds. The lowest BCUT2D eigenvalue weighted by Crippen LogP contribution is -2.35. The molecule has 100 valence electrons. The number of fused-ring (bicyclic) bond motifs is 2. The molecule has 3 nitrogen and oxygen atoms in total. The second-order valence-corrected chi connectivity index (χ2v) is 6.21. The van der Waals surface area contributed by atoms with Crippen LogP contribution in [0.15, 0.2) is 12.4 Å². The van der Waals surface area contributed by atoms with Gasteiger partial charge in [0.25, 0.3) is 0 Å². The van der Waals surface area contributed by atoms with Crippen LogP contribution in [0, 0.1) is 17.8 Å². The van der Waals surface area contributed by atoms with Gasteiger partial charge in [0, 0.05) is 30.9 Å². The fourth-order valence-corrected chi connectivity index (χ4v) is 4.01. The van der Waals surface area contributed by atoms with E-state index in [1.165, 1.54) is 31.2 Å². The lowest BCUT2D eigenvalue weighted by Gasteiger charge is -2.28. The van der Waals surface area contributed by atoms with Crippen LogP contribution in [0.2, 0.25) is 0 Å². The van der Waals surface area contributed by atoms with Gasteiger partial charge in [-0.2, -0.15) is 5.10 Å². The number of nitrogens with one attached hydrogen (secondary N) is 1. The van der Waals surface area contributed by atoms with Crippen LogP contribution >= 0.6 is 0 Å². The zero-order valence-corrected chi connectivity index (χ0v) is 11.6. The number of aromatic nitrogens is 2. The summed E-state index contributed by atoms with van der Waals surface area (Å²) in [5.41, 5.74) is 1.31. The van der Waals surface area contributed by atoms with E-state index in [0.29, 0.717) is 6.04 Å². The molecule has 4 atom stereocenters. The summed E-state index contributed by atoms with van der Waals surface area (Å²) in [5.74, 6) is 2.98. The van der Waals surface area contributed by atoms with E-state index in [4.69, 9.17) is 0 Å². The first kappa shape index (κ1) is 12.2. The first-order valence-corrected chi connectivity index (χ1v) is 7.51. The predicted octanol–water partition coefficient (Wildman–Crippen LogP) is 2.82. The average molecular weight is 247 g/mol. The van der Waals surface area contributed by atoms with E-state index in [1.807, 2.05) is 10.9 Å². The quantitative estimate of drug-likeness (QED) is 0.867. The Labute approximate surface area is 110 Å². The van der Waals surface area contributed by atoms with Crippen molar-refractivity contribution in [3.05, 3.63) is 18.0 Å². The van der Waals surface area contributed by atoms with E-state index < -0.39 is 0 Å². The van der Waals surface area contributed by atoms with Crippen LogP contribution in [0.3, 0.4) is 0 Å². The Morgan fingerprint density at radius 3 is 2.94 bits per heavy atom. The first-order chi connectivity index (χ1) is 8.76. The lowest BCUT2D eigenvalue weighted by molar-refractivity contribution is 0.259. The summed E-state index contributed by atoms with van der Waals surface area (Å²) >= 11 is 0. The molecule has 18 heavy (non-hydrogen) atoms. The molecule has 1 N–H and O–H groups in total. The summed E-state index contributed by atoms with van der Waals surface area (Å²) < 4.78 is 2.00. The largest absolute Gasteiger partial charge is 0.310 e. The highest BCUT2D eigenvalue weighted by Crippen LogP contribution is 2.49. The molecule has 1 aromatic heterocycles. The molecule has 2 fully saturated rings. The van der Waals surface area contributed by atoms with Crippen LogP contribution in [0.5, 0.6) is 0 Å². The molecule has 2 saturated carbocycles. The SMILES string of the molecule is CCn1cc(CNC(C)C2CC3CCC2C3)cn1. The number of hydrogen-bond acceptors (Lipinski definition) is 2. The normalized spacial score (nSPS) is 32.0. The van der Waals surface area contributed by atoms with Crippen molar-refractivity contribution in [3.8, 4) is 0 Å². The highest BCUT2D eigenvalue weighted by atomic mass is 15.3. The minimum atomic E-state index is 0.658. The molecule has 3 heteroatoms. The Balaban J connectivity index is 1.50. The third-order valence-electron chi connectivity index (χ3n) is 5.07. The zero-order valence-electron chi connectivity index (χ0n) is 11.6. The van der Waals surface area contributed by atoms with Crippen molar-refractivity contribution in [3.63, 3.8) is 0 Å². The number of nitrogens with zero attached hydrogens (tertiary/aromatic N) is 2. The summed E-state index contributed by atoms with van der Waals surface area (Å²) in [5, 5.41) is 8.03. The van der Waals surface area contributed by atoms with Gasteiger partial charge in [-0.05, 0) is 50.9 Å². The molecule has 2 bridgehead atoms. The highest BCUT2D eigenvalue weighted by Gasteiger charge is 2.41. The van der Waals surface area contributed by atoms with Crippen LogP contribution in [-0.4, -0.2) is 15.8 Å². The molecule has 3 rings (SSSR count). The van der Waals surface area contributed by atoms with E-state index >= 15 is 0 Å². The van der Waals surface area contributed by atoms with Crippen molar-refractivity contribution in [2.45, 2.75) is 58.7 Å². The van der Waals surface area contributed by atoms with E-state index in [-0.39, 0.29) is 0 Å². The third kappa shape index (κ3) is 2.33. The van der Waals surface area contributed by atoms with Gasteiger partial charge in [0.05, 0.1) is 6.20 Å². The summed E-state index contributed by atoms with van der Waals surface area (Å²) in [4.78, 5) is 0. The molecule has 0 saturated heterocycles. The summed E-state index contributed by atoms with van der Waals surface area (Å²) in [6.45, 7) is 6.43. The van der Waals surface area contributed by atoms with Gasteiger partial charge in [0.1, 0.15) is 0 Å². The van der Waals surface area contributed by atoms with Crippen molar-refractivity contribution in [2.75, 3.05) is 0 Å². The van der Waals surface area contributed by atoms with Crippen LogP contribution < -0.4 is 5.32 Å². The standard InChI is InChI=1S/C15H25N3/c1-3-18-10-13(9-17-18)8-16-11(2)15-7-12-4-5-14(15)6-12/h9-12,14-16H,3-8H2,1-2H3. The van der Waals surface area contributed by atoms with Crippen LogP contribution in [0.1, 0.15) is 45.1 Å². The van der Waals surface area contributed by atoms with Crippen molar-refractivity contribution in [2.24, 2.45) is 17.8 Å². The molecule has 2 aliphatic carbocycles. The minimum absolute atomic E-state index is 0.658.